The SMILES string of the molecule is NC(=O)CC1CCCCN1CC(=O)N1CCCc2cc(S(=O)(=O)N3CCCC3)ccc21. The van der Waals surface area contributed by atoms with Crippen LogP contribution >= 0.6 is 0 Å². The molecule has 1 atom stereocenters. The van der Waals surface area contributed by atoms with Crippen LogP contribution in [0.15, 0.2) is 23.1 Å². The van der Waals surface area contributed by atoms with Gasteiger partial charge in [-0.2, -0.15) is 4.31 Å². The molecule has 1 aromatic carbocycles. The van der Waals surface area contributed by atoms with Gasteiger partial charge in [-0.05, 0) is 68.8 Å². The van der Waals surface area contributed by atoms with Crippen LogP contribution in [0.3, 0.4) is 0 Å². The molecule has 3 aliphatic heterocycles. The number of likely N-dealkylation sites (tertiary alicyclic amines) is 1. The molecule has 0 bridgehead atoms. The standard InChI is InChI=1S/C22H32N4O4S/c23-21(27)15-18-7-1-2-10-24(18)16-22(28)26-13-5-6-17-14-19(8-9-20(17)26)31(29,30)25-11-3-4-12-25/h8-9,14,18H,1-7,10-13,15-16H2,(H2,23,27). The van der Waals surface area contributed by atoms with E-state index < -0.39 is 10.0 Å². The topological polar surface area (TPSA) is 104 Å². The number of aryl methyl sites for hydroxylation is 1. The van der Waals surface area contributed by atoms with Gasteiger partial charge in [-0.25, -0.2) is 8.42 Å². The minimum absolute atomic E-state index is 0.00697. The summed E-state index contributed by atoms with van der Waals surface area (Å²) in [4.78, 5) is 28.8. The third kappa shape index (κ3) is 4.78. The molecule has 170 valence electrons. The maximum absolute atomic E-state index is 13.2. The lowest BCUT2D eigenvalue weighted by Crippen LogP contribution is -2.49. The van der Waals surface area contributed by atoms with E-state index in [2.05, 4.69) is 4.90 Å². The molecule has 0 saturated carbocycles. The van der Waals surface area contributed by atoms with Crippen LogP contribution in [-0.2, 0) is 26.0 Å². The number of nitrogens with zero attached hydrogens (tertiary/aromatic N) is 3. The van der Waals surface area contributed by atoms with E-state index in [0.29, 0.717) is 24.5 Å². The maximum atomic E-state index is 13.2. The molecule has 31 heavy (non-hydrogen) atoms. The van der Waals surface area contributed by atoms with Crippen LogP contribution < -0.4 is 10.6 Å². The van der Waals surface area contributed by atoms with E-state index in [1.54, 1.807) is 27.4 Å². The Balaban J connectivity index is 1.51. The van der Waals surface area contributed by atoms with E-state index >= 15 is 0 Å². The van der Waals surface area contributed by atoms with Crippen LogP contribution in [0.25, 0.3) is 0 Å². The van der Waals surface area contributed by atoms with Crippen molar-refractivity contribution in [3.05, 3.63) is 23.8 Å². The smallest absolute Gasteiger partial charge is 0.243 e. The number of fused-ring (bicyclic) bond motifs is 1. The van der Waals surface area contributed by atoms with Crippen molar-refractivity contribution in [2.24, 2.45) is 5.73 Å². The molecular weight excluding hydrogens is 416 g/mol. The Kier molecular flexibility index (Phi) is 6.64. The molecule has 2 fully saturated rings. The summed E-state index contributed by atoms with van der Waals surface area (Å²) in [6.45, 7) is 2.82. The highest BCUT2D eigenvalue weighted by atomic mass is 32.2. The molecule has 2 N–H and O–H groups in total. The fraction of sp³-hybridized carbons (Fsp3) is 0.636. The summed E-state index contributed by atoms with van der Waals surface area (Å²) in [5, 5.41) is 0. The van der Waals surface area contributed by atoms with Gasteiger partial charge in [-0.1, -0.05) is 6.42 Å². The molecule has 9 heteroatoms. The van der Waals surface area contributed by atoms with Gasteiger partial charge in [0.05, 0.1) is 11.4 Å². The molecule has 3 heterocycles. The number of hydrogen-bond acceptors (Lipinski definition) is 5. The van der Waals surface area contributed by atoms with Crippen molar-refractivity contribution in [2.75, 3.05) is 37.6 Å². The molecule has 0 radical (unpaired) electrons. The largest absolute Gasteiger partial charge is 0.370 e. The predicted octanol–water partition coefficient (Wildman–Crippen LogP) is 1.48. The first-order valence-corrected chi connectivity index (χ1v) is 12.8. The van der Waals surface area contributed by atoms with Crippen molar-refractivity contribution in [2.45, 2.75) is 62.3 Å². The highest BCUT2D eigenvalue weighted by molar-refractivity contribution is 7.89. The summed E-state index contributed by atoms with van der Waals surface area (Å²) in [5.74, 6) is -0.341. The second-order valence-corrected chi connectivity index (χ2v) is 10.8. The fourth-order valence-corrected chi connectivity index (χ4v) is 6.63. The van der Waals surface area contributed by atoms with E-state index in [9.17, 15) is 18.0 Å². The van der Waals surface area contributed by atoms with Crippen molar-refractivity contribution in [1.29, 1.82) is 0 Å². The Morgan fingerprint density at radius 3 is 2.48 bits per heavy atom. The van der Waals surface area contributed by atoms with Crippen molar-refractivity contribution in [1.82, 2.24) is 9.21 Å². The summed E-state index contributed by atoms with van der Waals surface area (Å²) in [5.41, 5.74) is 7.12. The number of benzene rings is 1. The summed E-state index contributed by atoms with van der Waals surface area (Å²) >= 11 is 0. The van der Waals surface area contributed by atoms with Gasteiger partial charge in [-0.3, -0.25) is 14.5 Å². The molecule has 0 spiro atoms. The van der Waals surface area contributed by atoms with Crippen LogP contribution in [0.5, 0.6) is 0 Å². The number of primary amides is 1. The van der Waals surface area contributed by atoms with Crippen molar-refractivity contribution in [3.63, 3.8) is 0 Å². The lowest BCUT2D eigenvalue weighted by molar-refractivity contribution is -0.123. The normalized spacial score (nSPS) is 23.0. The Morgan fingerprint density at radius 1 is 1.00 bits per heavy atom. The van der Waals surface area contributed by atoms with Gasteiger partial charge in [0.1, 0.15) is 0 Å². The number of anilines is 1. The minimum atomic E-state index is -3.47. The lowest BCUT2D eigenvalue weighted by Gasteiger charge is -2.37. The Labute approximate surface area is 184 Å². The number of sulfonamides is 1. The highest BCUT2D eigenvalue weighted by Gasteiger charge is 2.31. The first-order chi connectivity index (χ1) is 14.9. The quantitative estimate of drug-likeness (QED) is 0.710. The fourth-order valence-electron chi connectivity index (χ4n) is 5.06. The summed E-state index contributed by atoms with van der Waals surface area (Å²) < 4.78 is 27.4. The molecule has 8 nitrogen and oxygen atoms in total. The molecule has 1 unspecified atom stereocenters. The van der Waals surface area contributed by atoms with Crippen molar-refractivity contribution >= 4 is 27.5 Å². The lowest BCUT2D eigenvalue weighted by atomic mass is 9.98. The van der Waals surface area contributed by atoms with E-state index in [4.69, 9.17) is 5.73 Å². The van der Waals surface area contributed by atoms with Gasteiger partial charge in [0, 0.05) is 37.8 Å². The summed E-state index contributed by atoms with van der Waals surface area (Å²) in [6, 6.07) is 5.19. The zero-order valence-corrected chi connectivity index (χ0v) is 18.8. The minimum Gasteiger partial charge on any atom is -0.370 e. The van der Waals surface area contributed by atoms with E-state index in [0.717, 1.165) is 62.7 Å². The van der Waals surface area contributed by atoms with E-state index in [1.807, 2.05) is 0 Å². The van der Waals surface area contributed by atoms with Gasteiger partial charge in [-0.15, -0.1) is 0 Å². The summed E-state index contributed by atoms with van der Waals surface area (Å²) in [6.07, 6.45) is 6.58. The average molecular weight is 449 g/mol. The number of carbonyl (C=O) groups is 2. The Bertz CT molecular complexity index is 943. The van der Waals surface area contributed by atoms with Crippen molar-refractivity contribution in [3.8, 4) is 0 Å². The average Bonchev–Trinajstić information content (AvgIpc) is 3.30. The number of piperidine rings is 1. The number of nitrogens with two attached hydrogens (primary N) is 1. The molecule has 3 aliphatic rings. The third-order valence-corrected chi connectivity index (χ3v) is 8.59. The van der Waals surface area contributed by atoms with Gasteiger partial charge in [0.2, 0.25) is 21.8 Å². The number of carbonyl (C=O) groups excluding carboxylic acids is 2. The second kappa shape index (κ2) is 9.26. The zero-order valence-electron chi connectivity index (χ0n) is 18.0. The molecular formula is C22H32N4O4S. The van der Waals surface area contributed by atoms with Gasteiger partial charge >= 0.3 is 0 Å². The number of amides is 2. The van der Waals surface area contributed by atoms with Crippen LogP contribution in [0.1, 0.15) is 50.5 Å². The monoisotopic (exact) mass is 448 g/mol. The molecule has 1 aromatic rings. The van der Waals surface area contributed by atoms with Crippen LogP contribution in [0.2, 0.25) is 0 Å². The molecule has 2 saturated heterocycles. The van der Waals surface area contributed by atoms with Crippen LogP contribution in [0.4, 0.5) is 5.69 Å². The van der Waals surface area contributed by atoms with Gasteiger partial charge < -0.3 is 10.6 Å². The van der Waals surface area contributed by atoms with Gasteiger partial charge in [0.15, 0.2) is 0 Å². The van der Waals surface area contributed by atoms with Crippen LogP contribution in [-0.4, -0.2) is 68.2 Å². The third-order valence-electron chi connectivity index (χ3n) is 6.70. The van der Waals surface area contributed by atoms with E-state index in [1.165, 1.54) is 0 Å². The molecule has 4 rings (SSSR count). The van der Waals surface area contributed by atoms with E-state index in [-0.39, 0.29) is 30.8 Å². The first-order valence-electron chi connectivity index (χ1n) is 11.3. The number of hydrogen-bond donors (Lipinski definition) is 1. The molecule has 0 aliphatic carbocycles. The zero-order chi connectivity index (χ0) is 22.0. The first kappa shape index (κ1) is 22.2. The predicted molar refractivity (Wildman–Crippen MR) is 118 cm³/mol. The second-order valence-electron chi connectivity index (χ2n) is 8.84. The van der Waals surface area contributed by atoms with Crippen molar-refractivity contribution < 1.29 is 18.0 Å². The summed E-state index contributed by atoms with van der Waals surface area (Å²) in [7, 11) is -3.47. The molecule has 0 aromatic heterocycles. The molecule has 2 amide bonds. The number of rotatable bonds is 6. The van der Waals surface area contributed by atoms with Crippen LogP contribution in [0, 0.1) is 0 Å². The Hall–Kier alpha value is -1.97. The van der Waals surface area contributed by atoms with Gasteiger partial charge in [0.25, 0.3) is 0 Å². The highest BCUT2D eigenvalue weighted by Crippen LogP contribution is 2.32. The Morgan fingerprint density at radius 2 is 1.74 bits per heavy atom. The maximum Gasteiger partial charge on any atom is 0.243 e.